The molecule has 0 radical (unpaired) electrons. The van der Waals surface area contributed by atoms with Crippen LogP contribution in [0.3, 0.4) is 0 Å². The van der Waals surface area contributed by atoms with Gasteiger partial charge in [-0.25, -0.2) is 9.59 Å². The summed E-state index contributed by atoms with van der Waals surface area (Å²) in [5.74, 6) is -1.00. The maximum Gasteiger partial charge on any atom is 0.326 e. The van der Waals surface area contributed by atoms with Gasteiger partial charge in [-0.2, -0.15) is 0 Å². The van der Waals surface area contributed by atoms with Gasteiger partial charge < -0.3 is 20.5 Å². The van der Waals surface area contributed by atoms with Crippen LogP contribution in [0.2, 0.25) is 0 Å². The molecule has 3 N–H and O–H groups in total. The molecule has 0 bridgehead atoms. The van der Waals surface area contributed by atoms with E-state index >= 15 is 0 Å². The third-order valence-corrected chi connectivity index (χ3v) is 3.03. The van der Waals surface area contributed by atoms with Crippen LogP contribution in [-0.4, -0.2) is 41.9 Å². The van der Waals surface area contributed by atoms with E-state index in [2.05, 4.69) is 10.6 Å². The number of carboxylic acid groups (broad SMARTS) is 1. The molecule has 0 spiro atoms. The predicted octanol–water partition coefficient (Wildman–Crippen LogP) is 1.11. The molecule has 0 saturated carbocycles. The second-order valence-corrected chi connectivity index (χ2v) is 4.99. The molecule has 6 heteroatoms. The number of carbonyl (C=O) groups excluding carboxylic acids is 1. The standard InChI is InChI=1S/C12H22N2O4/c1-3-5-9(10(15)16)13-11(17)14-12(2)6-4-7-18-8-12/h9H,3-8H2,1-2H3,(H,15,16)(H2,13,14,17)/t9-,12?/m0/s1. The van der Waals surface area contributed by atoms with Crippen LogP contribution in [0.5, 0.6) is 0 Å². The lowest BCUT2D eigenvalue weighted by Crippen LogP contribution is -2.57. The van der Waals surface area contributed by atoms with Crippen molar-refractivity contribution in [3.8, 4) is 0 Å². The monoisotopic (exact) mass is 258 g/mol. The fraction of sp³-hybridized carbons (Fsp3) is 0.833. The van der Waals surface area contributed by atoms with E-state index in [1.807, 2.05) is 13.8 Å². The Morgan fingerprint density at radius 3 is 2.72 bits per heavy atom. The summed E-state index contributed by atoms with van der Waals surface area (Å²) < 4.78 is 5.33. The van der Waals surface area contributed by atoms with Gasteiger partial charge in [-0.15, -0.1) is 0 Å². The molecule has 1 fully saturated rings. The molecule has 1 saturated heterocycles. The van der Waals surface area contributed by atoms with Crippen LogP contribution in [0.25, 0.3) is 0 Å². The van der Waals surface area contributed by atoms with Gasteiger partial charge in [-0.1, -0.05) is 13.3 Å². The lowest BCUT2D eigenvalue weighted by molar-refractivity contribution is -0.139. The highest BCUT2D eigenvalue weighted by Crippen LogP contribution is 2.17. The van der Waals surface area contributed by atoms with Crippen molar-refractivity contribution in [3.05, 3.63) is 0 Å². The summed E-state index contributed by atoms with van der Waals surface area (Å²) in [4.78, 5) is 22.7. The molecule has 104 valence electrons. The van der Waals surface area contributed by atoms with Crippen molar-refractivity contribution in [3.63, 3.8) is 0 Å². The Bertz CT molecular complexity index is 300. The Morgan fingerprint density at radius 1 is 1.50 bits per heavy atom. The highest BCUT2D eigenvalue weighted by molar-refractivity contribution is 5.82. The van der Waals surface area contributed by atoms with Crippen LogP contribution in [0.1, 0.15) is 39.5 Å². The predicted molar refractivity (Wildman–Crippen MR) is 66.5 cm³/mol. The van der Waals surface area contributed by atoms with E-state index in [0.717, 1.165) is 12.8 Å². The van der Waals surface area contributed by atoms with E-state index in [4.69, 9.17) is 9.84 Å². The molecule has 0 aromatic rings. The smallest absolute Gasteiger partial charge is 0.326 e. The SMILES string of the molecule is CCC[C@H](NC(=O)NC1(C)CCCOC1)C(=O)O. The highest BCUT2D eigenvalue weighted by atomic mass is 16.5. The van der Waals surface area contributed by atoms with Crippen LogP contribution in [0.4, 0.5) is 4.79 Å². The quantitative estimate of drug-likeness (QED) is 0.689. The minimum absolute atomic E-state index is 0.405. The Kier molecular flexibility index (Phi) is 5.40. The van der Waals surface area contributed by atoms with Gasteiger partial charge in [0.05, 0.1) is 12.1 Å². The normalized spacial score (nSPS) is 25.2. The third-order valence-electron chi connectivity index (χ3n) is 3.03. The molecule has 18 heavy (non-hydrogen) atoms. The fourth-order valence-corrected chi connectivity index (χ4v) is 2.05. The third kappa shape index (κ3) is 4.52. The number of hydrogen-bond donors (Lipinski definition) is 3. The van der Waals surface area contributed by atoms with Gasteiger partial charge in [-0.3, -0.25) is 0 Å². The number of ether oxygens (including phenoxy) is 1. The second kappa shape index (κ2) is 6.58. The average molecular weight is 258 g/mol. The number of carbonyl (C=O) groups is 2. The van der Waals surface area contributed by atoms with Crippen LogP contribution in [0, 0.1) is 0 Å². The number of aliphatic carboxylic acids is 1. The Balaban J connectivity index is 2.46. The summed E-state index contributed by atoms with van der Waals surface area (Å²) >= 11 is 0. The van der Waals surface area contributed by atoms with E-state index in [1.165, 1.54) is 0 Å². The zero-order valence-electron chi connectivity index (χ0n) is 11.0. The number of amides is 2. The van der Waals surface area contributed by atoms with Gasteiger partial charge in [-0.05, 0) is 26.2 Å². The summed E-state index contributed by atoms with van der Waals surface area (Å²) in [7, 11) is 0. The lowest BCUT2D eigenvalue weighted by Gasteiger charge is -2.34. The summed E-state index contributed by atoms with van der Waals surface area (Å²) in [6, 6.07) is -1.27. The fourth-order valence-electron chi connectivity index (χ4n) is 2.05. The number of nitrogens with one attached hydrogen (secondary N) is 2. The zero-order chi connectivity index (χ0) is 13.6. The van der Waals surface area contributed by atoms with Crippen molar-refractivity contribution >= 4 is 12.0 Å². The van der Waals surface area contributed by atoms with Gasteiger partial charge in [0.15, 0.2) is 0 Å². The van der Waals surface area contributed by atoms with Crippen molar-refractivity contribution in [2.24, 2.45) is 0 Å². The van der Waals surface area contributed by atoms with Crippen LogP contribution < -0.4 is 10.6 Å². The molecule has 2 atom stereocenters. The summed E-state index contributed by atoms with van der Waals surface area (Å²) in [6.07, 6.45) is 2.87. The molecule has 0 aromatic heterocycles. The van der Waals surface area contributed by atoms with E-state index in [1.54, 1.807) is 0 Å². The molecule has 1 aliphatic rings. The van der Waals surface area contributed by atoms with E-state index in [9.17, 15) is 9.59 Å². The lowest BCUT2D eigenvalue weighted by atomic mass is 9.95. The molecular formula is C12H22N2O4. The van der Waals surface area contributed by atoms with E-state index < -0.39 is 23.6 Å². The Hall–Kier alpha value is -1.30. The maximum absolute atomic E-state index is 11.8. The van der Waals surface area contributed by atoms with Crippen LogP contribution in [-0.2, 0) is 9.53 Å². The molecule has 1 unspecified atom stereocenters. The van der Waals surface area contributed by atoms with Crippen molar-refractivity contribution in [2.75, 3.05) is 13.2 Å². The second-order valence-electron chi connectivity index (χ2n) is 4.99. The molecule has 1 aliphatic heterocycles. The molecule has 1 rings (SSSR count). The zero-order valence-corrected chi connectivity index (χ0v) is 11.0. The summed E-state index contributed by atoms with van der Waals surface area (Å²) in [6.45, 7) is 4.96. The highest BCUT2D eigenvalue weighted by Gasteiger charge is 2.30. The molecular weight excluding hydrogens is 236 g/mol. The van der Waals surface area contributed by atoms with E-state index in [0.29, 0.717) is 26.1 Å². The van der Waals surface area contributed by atoms with Crippen molar-refractivity contribution in [2.45, 2.75) is 51.1 Å². The van der Waals surface area contributed by atoms with Crippen LogP contribution in [0.15, 0.2) is 0 Å². The Labute approximate surface area is 107 Å². The van der Waals surface area contributed by atoms with Gasteiger partial charge in [0, 0.05) is 6.61 Å². The first kappa shape index (κ1) is 14.8. The molecule has 2 amide bonds. The maximum atomic E-state index is 11.8. The van der Waals surface area contributed by atoms with Crippen molar-refractivity contribution in [1.29, 1.82) is 0 Å². The molecule has 1 heterocycles. The number of rotatable bonds is 5. The minimum atomic E-state index is -1.00. The number of carboxylic acids is 1. The Morgan fingerprint density at radius 2 is 2.22 bits per heavy atom. The first-order valence-corrected chi connectivity index (χ1v) is 6.36. The molecule has 6 nitrogen and oxygen atoms in total. The van der Waals surface area contributed by atoms with E-state index in [-0.39, 0.29) is 0 Å². The average Bonchev–Trinajstić information content (AvgIpc) is 2.28. The minimum Gasteiger partial charge on any atom is -0.480 e. The van der Waals surface area contributed by atoms with Crippen molar-refractivity contribution < 1.29 is 19.4 Å². The summed E-state index contributed by atoms with van der Waals surface area (Å²) in [5, 5.41) is 14.2. The number of urea groups is 1. The molecule has 0 aliphatic carbocycles. The van der Waals surface area contributed by atoms with Gasteiger partial charge in [0.2, 0.25) is 0 Å². The van der Waals surface area contributed by atoms with Gasteiger partial charge in [0.25, 0.3) is 0 Å². The topological polar surface area (TPSA) is 87.7 Å². The van der Waals surface area contributed by atoms with Gasteiger partial charge >= 0.3 is 12.0 Å². The number of hydrogen-bond acceptors (Lipinski definition) is 3. The largest absolute Gasteiger partial charge is 0.480 e. The first-order chi connectivity index (χ1) is 8.47. The van der Waals surface area contributed by atoms with Gasteiger partial charge in [0.1, 0.15) is 6.04 Å². The van der Waals surface area contributed by atoms with Crippen LogP contribution >= 0.6 is 0 Å². The molecule has 0 aromatic carbocycles. The van der Waals surface area contributed by atoms with Crippen molar-refractivity contribution in [1.82, 2.24) is 10.6 Å². The first-order valence-electron chi connectivity index (χ1n) is 6.36. The summed E-state index contributed by atoms with van der Waals surface area (Å²) in [5.41, 5.74) is -0.405.